The first-order valence-electron chi connectivity index (χ1n) is 6.20. The number of aromatic nitrogens is 2. The highest BCUT2D eigenvalue weighted by atomic mass is 19.1. The van der Waals surface area contributed by atoms with Gasteiger partial charge in [0.1, 0.15) is 25.6 Å². The van der Waals surface area contributed by atoms with E-state index in [9.17, 15) is 9.50 Å². The molecule has 0 radical (unpaired) electrons. The van der Waals surface area contributed by atoms with Crippen LogP contribution in [0.3, 0.4) is 0 Å². The molecule has 1 aromatic rings. The van der Waals surface area contributed by atoms with Crippen molar-refractivity contribution in [2.45, 2.75) is 25.2 Å². The normalized spacial score (nSPS) is 18.7. The summed E-state index contributed by atoms with van der Waals surface area (Å²) in [5, 5.41) is 18.5. The number of aliphatic hydroxyl groups excluding tert-OH is 2. The molecule has 0 bridgehead atoms. The number of nitrogens with one attached hydrogen (secondary N) is 1. The third-order valence-corrected chi connectivity index (χ3v) is 3.06. The SMILES string of the molecule is C[C@@H](O[C@@H](CO)[C@@H](O)CF)c1cnc2n1NCN=C2N. The number of nitrogens with two attached hydrogens (primary N) is 1. The van der Waals surface area contributed by atoms with Crippen molar-refractivity contribution in [3.63, 3.8) is 0 Å². The van der Waals surface area contributed by atoms with E-state index >= 15 is 0 Å². The first-order valence-corrected chi connectivity index (χ1v) is 6.20. The van der Waals surface area contributed by atoms with Gasteiger partial charge in [0.15, 0.2) is 11.7 Å². The molecule has 20 heavy (non-hydrogen) atoms. The maximum absolute atomic E-state index is 12.4. The Balaban J connectivity index is 2.14. The van der Waals surface area contributed by atoms with Crippen molar-refractivity contribution in [3.8, 4) is 0 Å². The molecule has 8 nitrogen and oxygen atoms in total. The van der Waals surface area contributed by atoms with E-state index in [1.54, 1.807) is 17.8 Å². The number of nitrogens with zero attached hydrogens (tertiary/aromatic N) is 3. The van der Waals surface area contributed by atoms with Crippen LogP contribution in [0.4, 0.5) is 4.39 Å². The van der Waals surface area contributed by atoms with Crippen molar-refractivity contribution in [2.75, 3.05) is 25.4 Å². The predicted molar refractivity (Wildman–Crippen MR) is 69.5 cm³/mol. The summed E-state index contributed by atoms with van der Waals surface area (Å²) in [7, 11) is 0. The number of imidazole rings is 1. The van der Waals surface area contributed by atoms with Gasteiger partial charge in [-0.25, -0.2) is 19.0 Å². The summed E-state index contributed by atoms with van der Waals surface area (Å²) in [6.45, 7) is 0.556. The standard InChI is InChI=1S/C11H18FN5O3/c1-6(20-9(4-18)8(19)2-12)7-3-14-11-10(13)15-5-16-17(7)11/h3,6,8-9,16,18-19H,2,4-5H2,1H3,(H2,13,15)/t6-,8+,9+/m1/s1. The van der Waals surface area contributed by atoms with Crippen LogP contribution in [-0.4, -0.2) is 57.9 Å². The molecule has 0 fully saturated rings. The van der Waals surface area contributed by atoms with E-state index in [2.05, 4.69) is 15.4 Å². The monoisotopic (exact) mass is 287 g/mol. The summed E-state index contributed by atoms with van der Waals surface area (Å²) in [4.78, 5) is 8.11. The lowest BCUT2D eigenvalue weighted by Gasteiger charge is -2.25. The lowest BCUT2D eigenvalue weighted by Crippen LogP contribution is -2.36. The smallest absolute Gasteiger partial charge is 0.194 e. The third kappa shape index (κ3) is 2.74. The Morgan fingerprint density at radius 2 is 2.40 bits per heavy atom. The first kappa shape index (κ1) is 14.7. The maximum atomic E-state index is 12.4. The summed E-state index contributed by atoms with van der Waals surface area (Å²) in [5.74, 6) is 0.776. The van der Waals surface area contributed by atoms with E-state index < -0.39 is 31.6 Å². The molecule has 2 rings (SSSR count). The quantitative estimate of drug-likeness (QED) is 0.526. The lowest BCUT2D eigenvalue weighted by molar-refractivity contribution is -0.100. The van der Waals surface area contributed by atoms with E-state index in [0.717, 1.165) is 0 Å². The van der Waals surface area contributed by atoms with Crippen LogP contribution in [0.25, 0.3) is 0 Å². The molecule has 0 aromatic carbocycles. The van der Waals surface area contributed by atoms with Gasteiger partial charge >= 0.3 is 0 Å². The van der Waals surface area contributed by atoms with Crippen molar-refractivity contribution in [1.82, 2.24) is 9.66 Å². The number of ether oxygens (including phenoxy) is 1. The molecule has 5 N–H and O–H groups in total. The minimum atomic E-state index is -1.37. The largest absolute Gasteiger partial charge is 0.394 e. The zero-order valence-corrected chi connectivity index (χ0v) is 11.0. The molecule has 0 saturated carbocycles. The molecule has 0 amide bonds. The molecule has 0 unspecified atom stereocenters. The van der Waals surface area contributed by atoms with E-state index in [1.807, 2.05) is 0 Å². The lowest BCUT2D eigenvalue weighted by atomic mass is 10.2. The average Bonchev–Trinajstić information content (AvgIpc) is 2.89. The number of hydrogen-bond donors (Lipinski definition) is 4. The van der Waals surface area contributed by atoms with Crippen LogP contribution in [0.2, 0.25) is 0 Å². The summed E-state index contributed by atoms with van der Waals surface area (Å²) >= 11 is 0. The zero-order valence-electron chi connectivity index (χ0n) is 11.0. The van der Waals surface area contributed by atoms with Gasteiger partial charge < -0.3 is 26.1 Å². The number of halogens is 1. The van der Waals surface area contributed by atoms with Crippen LogP contribution in [0.5, 0.6) is 0 Å². The second-order valence-corrected chi connectivity index (χ2v) is 4.42. The van der Waals surface area contributed by atoms with Crippen LogP contribution < -0.4 is 11.2 Å². The van der Waals surface area contributed by atoms with Gasteiger partial charge in [-0.15, -0.1) is 0 Å². The molecular formula is C11H18FN5O3. The van der Waals surface area contributed by atoms with Crippen molar-refractivity contribution < 1.29 is 19.3 Å². The number of rotatable bonds is 6. The van der Waals surface area contributed by atoms with Crippen molar-refractivity contribution in [2.24, 2.45) is 10.7 Å². The molecule has 1 aliphatic heterocycles. The molecule has 1 aliphatic rings. The predicted octanol–water partition coefficient (Wildman–Crippen LogP) is -1.13. The summed E-state index contributed by atoms with van der Waals surface area (Å²) in [6, 6.07) is 0. The van der Waals surface area contributed by atoms with Gasteiger partial charge in [0.2, 0.25) is 0 Å². The number of hydrogen-bond acceptors (Lipinski definition) is 7. The highest BCUT2D eigenvalue weighted by Crippen LogP contribution is 2.21. The Labute approximate surface area is 115 Å². The number of aliphatic imine (C=N–C) groups is 1. The Kier molecular flexibility index (Phi) is 4.53. The van der Waals surface area contributed by atoms with E-state index in [4.69, 9.17) is 15.6 Å². The molecule has 1 aromatic heterocycles. The highest BCUT2D eigenvalue weighted by Gasteiger charge is 2.26. The number of aliphatic hydroxyl groups is 2. The van der Waals surface area contributed by atoms with Crippen LogP contribution in [0.1, 0.15) is 24.5 Å². The summed E-state index contributed by atoms with van der Waals surface area (Å²) in [5.41, 5.74) is 9.32. The van der Waals surface area contributed by atoms with Gasteiger partial charge in [-0.3, -0.25) is 0 Å². The molecule has 2 heterocycles. The van der Waals surface area contributed by atoms with E-state index in [-0.39, 0.29) is 0 Å². The Bertz CT molecular complexity index is 492. The Hall–Kier alpha value is -1.71. The minimum Gasteiger partial charge on any atom is -0.394 e. The van der Waals surface area contributed by atoms with Gasteiger partial charge in [-0.1, -0.05) is 0 Å². The van der Waals surface area contributed by atoms with Gasteiger partial charge in [0.25, 0.3) is 0 Å². The Morgan fingerprint density at radius 1 is 1.65 bits per heavy atom. The van der Waals surface area contributed by atoms with E-state index in [0.29, 0.717) is 24.0 Å². The molecule has 9 heteroatoms. The van der Waals surface area contributed by atoms with E-state index in [1.165, 1.54) is 0 Å². The fourth-order valence-electron chi connectivity index (χ4n) is 1.95. The second-order valence-electron chi connectivity index (χ2n) is 4.42. The number of amidine groups is 1. The average molecular weight is 287 g/mol. The number of alkyl halides is 1. The summed E-state index contributed by atoms with van der Waals surface area (Å²) < 4.78 is 19.5. The van der Waals surface area contributed by atoms with Crippen LogP contribution in [0, 0.1) is 0 Å². The molecule has 0 spiro atoms. The fourth-order valence-corrected chi connectivity index (χ4v) is 1.95. The molecule has 3 atom stereocenters. The highest BCUT2D eigenvalue weighted by molar-refractivity contribution is 5.95. The van der Waals surface area contributed by atoms with Gasteiger partial charge in [-0.05, 0) is 6.92 Å². The molecular weight excluding hydrogens is 269 g/mol. The first-order chi connectivity index (χ1) is 9.58. The third-order valence-electron chi connectivity index (χ3n) is 3.06. The van der Waals surface area contributed by atoms with Crippen LogP contribution >= 0.6 is 0 Å². The molecule has 0 saturated heterocycles. The van der Waals surface area contributed by atoms with Crippen LogP contribution in [-0.2, 0) is 4.74 Å². The topological polar surface area (TPSA) is 118 Å². The van der Waals surface area contributed by atoms with Crippen LogP contribution in [0.15, 0.2) is 11.2 Å². The minimum absolute atomic E-state index is 0.310. The van der Waals surface area contributed by atoms with Gasteiger partial charge in [0, 0.05) is 0 Å². The van der Waals surface area contributed by atoms with Gasteiger partial charge in [-0.2, -0.15) is 0 Å². The Morgan fingerprint density at radius 3 is 3.05 bits per heavy atom. The number of fused-ring (bicyclic) bond motifs is 1. The zero-order chi connectivity index (χ0) is 14.7. The molecule has 0 aliphatic carbocycles. The summed E-state index contributed by atoms with van der Waals surface area (Å²) in [6.07, 6.45) is -1.34. The van der Waals surface area contributed by atoms with Gasteiger partial charge in [0.05, 0.1) is 24.6 Å². The second kappa shape index (κ2) is 6.16. The van der Waals surface area contributed by atoms with Crippen molar-refractivity contribution in [3.05, 3.63) is 17.7 Å². The maximum Gasteiger partial charge on any atom is 0.194 e. The van der Waals surface area contributed by atoms with Crippen molar-refractivity contribution >= 4 is 5.84 Å². The van der Waals surface area contributed by atoms with Crippen molar-refractivity contribution in [1.29, 1.82) is 0 Å². The molecule has 112 valence electrons. The fraction of sp³-hybridized carbons (Fsp3) is 0.636.